The van der Waals surface area contributed by atoms with E-state index in [2.05, 4.69) is 15.9 Å². The van der Waals surface area contributed by atoms with Crippen molar-refractivity contribution in [3.05, 3.63) is 57.6 Å². The van der Waals surface area contributed by atoms with E-state index >= 15 is 0 Å². The van der Waals surface area contributed by atoms with Gasteiger partial charge in [-0.3, -0.25) is 0 Å². The molecule has 0 aliphatic heterocycles. The van der Waals surface area contributed by atoms with E-state index in [1.165, 1.54) is 0 Å². The SMILES string of the molecule is COc1ccc(C(O)c2cccc(Br)c2C)c(OC)c1. The lowest BCUT2D eigenvalue weighted by molar-refractivity contribution is 0.213. The molecule has 0 aliphatic carbocycles. The Balaban J connectivity index is 2.47. The molecule has 0 heterocycles. The number of hydrogen-bond acceptors (Lipinski definition) is 3. The quantitative estimate of drug-likeness (QED) is 0.921. The Labute approximate surface area is 127 Å². The van der Waals surface area contributed by atoms with Gasteiger partial charge in [0.2, 0.25) is 0 Å². The Bertz CT molecular complexity index is 611. The topological polar surface area (TPSA) is 38.7 Å². The highest BCUT2D eigenvalue weighted by Gasteiger charge is 2.18. The number of aliphatic hydroxyl groups is 1. The predicted molar refractivity (Wildman–Crippen MR) is 82.5 cm³/mol. The maximum atomic E-state index is 10.6. The van der Waals surface area contributed by atoms with Gasteiger partial charge in [-0.25, -0.2) is 0 Å². The molecule has 0 aliphatic rings. The molecule has 4 heteroatoms. The standard InChI is InChI=1S/C16H17BrO3/c1-10-12(5-4-6-14(10)17)16(18)13-8-7-11(19-2)9-15(13)20-3/h4-9,16,18H,1-3H3. The van der Waals surface area contributed by atoms with Crippen LogP contribution >= 0.6 is 15.9 Å². The average Bonchev–Trinajstić information content (AvgIpc) is 2.48. The van der Waals surface area contributed by atoms with E-state index in [-0.39, 0.29) is 0 Å². The molecule has 1 unspecified atom stereocenters. The molecule has 0 aromatic heterocycles. The van der Waals surface area contributed by atoms with Crippen LogP contribution < -0.4 is 9.47 Å². The molecule has 2 rings (SSSR count). The molecule has 2 aromatic carbocycles. The molecule has 20 heavy (non-hydrogen) atoms. The first-order valence-electron chi connectivity index (χ1n) is 6.23. The molecule has 0 fully saturated rings. The first kappa shape index (κ1) is 14.9. The lowest BCUT2D eigenvalue weighted by atomic mass is 9.97. The van der Waals surface area contributed by atoms with E-state index in [4.69, 9.17) is 9.47 Å². The van der Waals surface area contributed by atoms with E-state index < -0.39 is 6.10 Å². The summed E-state index contributed by atoms with van der Waals surface area (Å²) >= 11 is 3.48. The fraction of sp³-hybridized carbons (Fsp3) is 0.250. The van der Waals surface area contributed by atoms with Crippen LogP contribution in [0.4, 0.5) is 0 Å². The minimum Gasteiger partial charge on any atom is -0.497 e. The van der Waals surface area contributed by atoms with Gasteiger partial charge in [-0.15, -0.1) is 0 Å². The molecular weight excluding hydrogens is 320 g/mol. The second-order valence-electron chi connectivity index (χ2n) is 4.46. The smallest absolute Gasteiger partial charge is 0.128 e. The molecule has 3 nitrogen and oxygen atoms in total. The van der Waals surface area contributed by atoms with Crippen LogP contribution in [0.1, 0.15) is 22.8 Å². The van der Waals surface area contributed by atoms with Crippen molar-refractivity contribution in [2.75, 3.05) is 14.2 Å². The third kappa shape index (κ3) is 2.81. The molecule has 0 amide bonds. The van der Waals surface area contributed by atoms with Crippen LogP contribution in [0.15, 0.2) is 40.9 Å². The number of benzene rings is 2. The number of hydrogen-bond donors (Lipinski definition) is 1. The second-order valence-corrected chi connectivity index (χ2v) is 5.32. The van der Waals surface area contributed by atoms with Crippen molar-refractivity contribution in [1.29, 1.82) is 0 Å². The lowest BCUT2D eigenvalue weighted by Gasteiger charge is -2.18. The summed E-state index contributed by atoms with van der Waals surface area (Å²) in [5.74, 6) is 1.31. The van der Waals surface area contributed by atoms with Crippen LogP contribution in [0.2, 0.25) is 0 Å². The minimum absolute atomic E-state index is 0.608. The molecule has 1 N–H and O–H groups in total. The lowest BCUT2D eigenvalue weighted by Crippen LogP contribution is -2.05. The molecule has 0 saturated heterocycles. The molecule has 0 spiro atoms. The monoisotopic (exact) mass is 336 g/mol. The van der Waals surface area contributed by atoms with Crippen LogP contribution in [-0.4, -0.2) is 19.3 Å². The van der Waals surface area contributed by atoms with Gasteiger partial charge >= 0.3 is 0 Å². The van der Waals surface area contributed by atoms with Crippen molar-refractivity contribution in [2.24, 2.45) is 0 Å². The molecule has 0 radical (unpaired) electrons. The Hall–Kier alpha value is -1.52. The Morgan fingerprint density at radius 1 is 1.05 bits per heavy atom. The van der Waals surface area contributed by atoms with Crippen molar-refractivity contribution >= 4 is 15.9 Å². The Kier molecular flexibility index (Phi) is 4.68. The summed E-state index contributed by atoms with van der Waals surface area (Å²) in [6.45, 7) is 1.97. The zero-order valence-corrected chi connectivity index (χ0v) is 13.3. The summed E-state index contributed by atoms with van der Waals surface area (Å²) in [4.78, 5) is 0. The largest absolute Gasteiger partial charge is 0.497 e. The fourth-order valence-corrected chi connectivity index (χ4v) is 2.51. The van der Waals surface area contributed by atoms with Crippen molar-refractivity contribution in [3.63, 3.8) is 0 Å². The minimum atomic E-state index is -0.742. The zero-order chi connectivity index (χ0) is 14.7. The summed E-state index contributed by atoms with van der Waals surface area (Å²) in [6.07, 6.45) is -0.742. The molecule has 2 aromatic rings. The van der Waals surface area contributed by atoms with E-state index in [0.717, 1.165) is 21.2 Å². The Morgan fingerprint density at radius 2 is 1.80 bits per heavy atom. The summed E-state index contributed by atoms with van der Waals surface area (Å²) in [5.41, 5.74) is 2.58. The highest BCUT2D eigenvalue weighted by Crippen LogP contribution is 2.35. The highest BCUT2D eigenvalue weighted by atomic mass is 79.9. The third-order valence-corrected chi connectivity index (χ3v) is 4.20. The predicted octanol–water partition coefficient (Wildman–Crippen LogP) is 3.86. The highest BCUT2D eigenvalue weighted by molar-refractivity contribution is 9.10. The summed E-state index contributed by atoms with van der Waals surface area (Å²) in [5, 5.41) is 10.6. The van der Waals surface area contributed by atoms with Gasteiger partial charge in [0.25, 0.3) is 0 Å². The van der Waals surface area contributed by atoms with Crippen molar-refractivity contribution < 1.29 is 14.6 Å². The first-order valence-corrected chi connectivity index (χ1v) is 7.02. The fourth-order valence-electron chi connectivity index (χ4n) is 2.13. The van der Waals surface area contributed by atoms with E-state index in [1.807, 2.05) is 37.3 Å². The van der Waals surface area contributed by atoms with E-state index in [9.17, 15) is 5.11 Å². The zero-order valence-electron chi connectivity index (χ0n) is 11.7. The van der Waals surface area contributed by atoms with Crippen LogP contribution in [0.25, 0.3) is 0 Å². The summed E-state index contributed by atoms with van der Waals surface area (Å²) in [6, 6.07) is 11.2. The molecule has 106 valence electrons. The third-order valence-electron chi connectivity index (χ3n) is 3.34. The van der Waals surface area contributed by atoms with Gasteiger partial charge in [0.05, 0.1) is 14.2 Å². The van der Waals surface area contributed by atoms with Gasteiger partial charge in [-0.2, -0.15) is 0 Å². The van der Waals surface area contributed by atoms with Crippen molar-refractivity contribution in [2.45, 2.75) is 13.0 Å². The number of halogens is 1. The van der Waals surface area contributed by atoms with Crippen LogP contribution in [0.3, 0.4) is 0 Å². The normalized spacial score (nSPS) is 12.1. The molecular formula is C16H17BrO3. The number of rotatable bonds is 4. The first-order chi connectivity index (χ1) is 9.58. The maximum Gasteiger partial charge on any atom is 0.128 e. The summed E-state index contributed by atoms with van der Waals surface area (Å²) in [7, 11) is 3.18. The van der Waals surface area contributed by atoms with Crippen LogP contribution in [-0.2, 0) is 0 Å². The van der Waals surface area contributed by atoms with Gasteiger partial charge in [-0.05, 0) is 36.2 Å². The molecule has 0 saturated carbocycles. The maximum absolute atomic E-state index is 10.6. The molecule has 1 atom stereocenters. The van der Waals surface area contributed by atoms with Gasteiger partial charge in [0.1, 0.15) is 17.6 Å². The van der Waals surface area contributed by atoms with Gasteiger partial charge in [-0.1, -0.05) is 28.1 Å². The number of aliphatic hydroxyl groups excluding tert-OH is 1. The molecule has 0 bridgehead atoms. The van der Waals surface area contributed by atoms with Crippen LogP contribution in [0, 0.1) is 6.92 Å². The van der Waals surface area contributed by atoms with Crippen molar-refractivity contribution in [1.82, 2.24) is 0 Å². The van der Waals surface area contributed by atoms with E-state index in [1.54, 1.807) is 20.3 Å². The van der Waals surface area contributed by atoms with Gasteiger partial charge in [0.15, 0.2) is 0 Å². The Morgan fingerprint density at radius 3 is 2.45 bits per heavy atom. The number of ether oxygens (including phenoxy) is 2. The van der Waals surface area contributed by atoms with Gasteiger partial charge < -0.3 is 14.6 Å². The summed E-state index contributed by atoms with van der Waals surface area (Å²) < 4.78 is 11.5. The van der Waals surface area contributed by atoms with Gasteiger partial charge in [0, 0.05) is 16.1 Å². The second kappa shape index (κ2) is 6.29. The van der Waals surface area contributed by atoms with E-state index in [0.29, 0.717) is 11.5 Å². The number of methoxy groups -OCH3 is 2. The van der Waals surface area contributed by atoms with Crippen molar-refractivity contribution in [3.8, 4) is 11.5 Å². The average molecular weight is 337 g/mol. The van der Waals surface area contributed by atoms with Crippen LogP contribution in [0.5, 0.6) is 11.5 Å².